The molecule has 1 aromatic rings. The van der Waals surface area contributed by atoms with E-state index in [9.17, 15) is 0 Å². The third-order valence-corrected chi connectivity index (χ3v) is 4.26. The molecule has 0 spiro atoms. The highest BCUT2D eigenvalue weighted by Crippen LogP contribution is 2.34. The van der Waals surface area contributed by atoms with Crippen molar-refractivity contribution in [3.05, 3.63) is 34.4 Å². The van der Waals surface area contributed by atoms with Crippen LogP contribution in [-0.4, -0.2) is 12.7 Å². The summed E-state index contributed by atoms with van der Waals surface area (Å²) >= 11 is 0. The lowest BCUT2D eigenvalue weighted by molar-refractivity contribution is 0.0953. The van der Waals surface area contributed by atoms with Crippen molar-refractivity contribution in [2.24, 2.45) is 11.8 Å². The van der Waals surface area contributed by atoms with Gasteiger partial charge >= 0.3 is 0 Å². The minimum absolute atomic E-state index is 0.182. The predicted molar refractivity (Wildman–Crippen MR) is 74.2 cm³/mol. The highest BCUT2D eigenvalue weighted by molar-refractivity contribution is 5.38. The number of ether oxygens (including phenoxy) is 1. The van der Waals surface area contributed by atoms with Gasteiger partial charge in [-0.25, -0.2) is 0 Å². The van der Waals surface area contributed by atoms with E-state index >= 15 is 0 Å². The van der Waals surface area contributed by atoms with Gasteiger partial charge in [0.25, 0.3) is 0 Å². The quantitative estimate of drug-likeness (QED) is 0.638. The van der Waals surface area contributed by atoms with Gasteiger partial charge < -0.3 is 4.74 Å². The Morgan fingerprint density at radius 3 is 2.44 bits per heavy atom. The first-order valence-corrected chi connectivity index (χ1v) is 6.70. The number of nitrogens with one attached hydrogen (secondary N) is 1. The second-order valence-electron chi connectivity index (χ2n) is 5.47. The molecule has 3 unspecified atom stereocenters. The minimum atomic E-state index is 0.182. The van der Waals surface area contributed by atoms with E-state index in [1.165, 1.54) is 22.3 Å². The number of hydrogen-bond donors (Lipinski definition) is 2. The first-order chi connectivity index (χ1) is 8.54. The number of benzene rings is 1. The van der Waals surface area contributed by atoms with Crippen LogP contribution in [-0.2, 0) is 4.74 Å². The van der Waals surface area contributed by atoms with Crippen molar-refractivity contribution in [3.8, 4) is 0 Å². The molecule has 2 rings (SSSR count). The number of hydrazine groups is 1. The van der Waals surface area contributed by atoms with Gasteiger partial charge in [-0.3, -0.25) is 11.3 Å². The number of rotatable bonds is 3. The smallest absolute Gasteiger partial charge is 0.0594 e. The number of hydrogen-bond acceptors (Lipinski definition) is 3. The molecule has 1 aliphatic rings. The van der Waals surface area contributed by atoms with Gasteiger partial charge in [0, 0.05) is 12.5 Å². The van der Waals surface area contributed by atoms with E-state index in [0.717, 1.165) is 13.0 Å². The van der Waals surface area contributed by atoms with Gasteiger partial charge in [0.05, 0.1) is 12.1 Å². The predicted octanol–water partition coefficient (Wildman–Crippen LogP) is 2.54. The molecule has 0 aliphatic carbocycles. The average Bonchev–Trinajstić information content (AvgIpc) is 2.73. The maximum absolute atomic E-state index is 5.80. The van der Waals surface area contributed by atoms with Gasteiger partial charge in [0.15, 0.2) is 0 Å². The molecular weight excluding hydrogens is 224 g/mol. The molecule has 0 radical (unpaired) electrons. The highest BCUT2D eigenvalue weighted by Gasteiger charge is 2.33. The summed E-state index contributed by atoms with van der Waals surface area (Å²) in [6, 6.07) is 4.69. The lowest BCUT2D eigenvalue weighted by Gasteiger charge is -2.27. The van der Waals surface area contributed by atoms with Crippen LogP contribution >= 0.6 is 0 Å². The lowest BCUT2D eigenvalue weighted by atomic mass is 9.85. The monoisotopic (exact) mass is 248 g/mol. The highest BCUT2D eigenvalue weighted by atomic mass is 16.5. The Morgan fingerprint density at radius 1 is 1.22 bits per heavy atom. The molecule has 1 fully saturated rings. The van der Waals surface area contributed by atoms with Crippen molar-refractivity contribution >= 4 is 0 Å². The van der Waals surface area contributed by atoms with E-state index in [-0.39, 0.29) is 12.1 Å². The third kappa shape index (κ3) is 2.44. The van der Waals surface area contributed by atoms with E-state index in [2.05, 4.69) is 45.3 Å². The van der Waals surface area contributed by atoms with Gasteiger partial charge in [0.1, 0.15) is 0 Å². The van der Waals surface area contributed by atoms with Crippen LogP contribution in [0.2, 0.25) is 0 Å². The van der Waals surface area contributed by atoms with Crippen LogP contribution in [0, 0.1) is 26.7 Å². The zero-order chi connectivity index (χ0) is 13.3. The Hall–Kier alpha value is -0.900. The molecule has 18 heavy (non-hydrogen) atoms. The summed E-state index contributed by atoms with van der Waals surface area (Å²) in [6.45, 7) is 9.44. The lowest BCUT2D eigenvalue weighted by Crippen LogP contribution is -2.36. The van der Waals surface area contributed by atoms with Gasteiger partial charge in [0.2, 0.25) is 0 Å². The van der Waals surface area contributed by atoms with Crippen molar-refractivity contribution in [3.63, 3.8) is 0 Å². The van der Waals surface area contributed by atoms with E-state index in [1.807, 2.05) is 0 Å². The maximum Gasteiger partial charge on any atom is 0.0594 e. The summed E-state index contributed by atoms with van der Waals surface area (Å²) in [6.07, 6.45) is 1.34. The molecule has 0 aromatic heterocycles. The molecule has 1 heterocycles. The molecule has 1 saturated heterocycles. The summed E-state index contributed by atoms with van der Waals surface area (Å²) in [5.74, 6) is 6.25. The van der Waals surface area contributed by atoms with Gasteiger partial charge in [-0.1, -0.05) is 12.1 Å². The van der Waals surface area contributed by atoms with Crippen LogP contribution in [0.3, 0.4) is 0 Å². The van der Waals surface area contributed by atoms with Crippen molar-refractivity contribution in [1.82, 2.24) is 5.43 Å². The molecule has 0 bridgehead atoms. The Balaban J connectivity index is 2.35. The average molecular weight is 248 g/mol. The van der Waals surface area contributed by atoms with E-state index in [4.69, 9.17) is 10.6 Å². The SMILES string of the molecule is Cc1cc(C)c(C(NN)C2CCOC2C)cc1C. The molecule has 1 aliphatic heterocycles. The second kappa shape index (κ2) is 5.39. The Labute approximate surface area is 110 Å². The molecule has 100 valence electrons. The molecule has 3 N–H and O–H groups in total. The van der Waals surface area contributed by atoms with Crippen molar-refractivity contribution in [1.29, 1.82) is 0 Å². The number of nitrogens with two attached hydrogens (primary N) is 1. The van der Waals surface area contributed by atoms with Crippen molar-refractivity contribution in [2.45, 2.75) is 46.3 Å². The van der Waals surface area contributed by atoms with Crippen LogP contribution in [0.4, 0.5) is 0 Å². The Bertz CT molecular complexity index is 431. The first kappa shape index (κ1) is 13.5. The van der Waals surface area contributed by atoms with Gasteiger partial charge in [-0.05, 0) is 56.4 Å². The first-order valence-electron chi connectivity index (χ1n) is 6.70. The molecule has 3 nitrogen and oxygen atoms in total. The normalized spacial score (nSPS) is 25.4. The fraction of sp³-hybridized carbons (Fsp3) is 0.600. The largest absolute Gasteiger partial charge is 0.378 e. The molecule has 3 atom stereocenters. The van der Waals surface area contributed by atoms with Crippen LogP contribution in [0.1, 0.15) is 41.6 Å². The molecule has 0 amide bonds. The molecular formula is C15H24N2O. The summed E-state index contributed by atoms with van der Waals surface area (Å²) in [4.78, 5) is 0. The van der Waals surface area contributed by atoms with Crippen LogP contribution < -0.4 is 11.3 Å². The Kier molecular flexibility index (Phi) is 4.05. The maximum atomic E-state index is 5.80. The standard InChI is InChI=1S/C15H24N2O/c1-9-7-11(3)14(8-10(9)2)15(17-16)13-5-6-18-12(13)4/h7-8,12-13,15,17H,5-6,16H2,1-4H3. The summed E-state index contributed by atoms with van der Waals surface area (Å²) < 4.78 is 5.67. The van der Waals surface area contributed by atoms with Crippen molar-refractivity contribution in [2.75, 3.05) is 6.61 Å². The summed E-state index contributed by atoms with van der Waals surface area (Å²) in [5.41, 5.74) is 8.27. The second-order valence-corrected chi connectivity index (χ2v) is 5.47. The zero-order valence-corrected chi connectivity index (χ0v) is 11.8. The van der Waals surface area contributed by atoms with E-state index < -0.39 is 0 Å². The van der Waals surface area contributed by atoms with Crippen LogP contribution in [0.25, 0.3) is 0 Å². The van der Waals surface area contributed by atoms with Crippen LogP contribution in [0.5, 0.6) is 0 Å². The van der Waals surface area contributed by atoms with Gasteiger partial charge in [-0.2, -0.15) is 0 Å². The molecule has 1 aromatic carbocycles. The van der Waals surface area contributed by atoms with E-state index in [0.29, 0.717) is 5.92 Å². The summed E-state index contributed by atoms with van der Waals surface area (Å²) in [7, 11) is 0. The van der Waals surface area contributed by atoms with Crippen molar-refractivity contribution < 1.29 is 4.74 Å². The minimum Gasteiger partial charge on any atom is -0.378 e. The fourth-order valence-electron chi connectivity index (χ4n) is 2.95. The summed E-state index contributed by atoms with van der Waals surface area (Å²) in [5, 5.41) is 0. The van der Waals surface area contributed by atoms with E-state index in [1.54, 1.807) is 0 Å². The third-order valence-electron chi connectivity index (χ3n) is 4.26. The molecule has 3 heteroatoms. The Morgan fingerprint density at radius 2 is 1.89 bits per heavy atom. The van der Waals surface area contributed by atoms with Crippen LogP contribution in [0.15, 0.2) is 12.1 Å². The molecule has 0 saturated carbocycles. The number of aryl methyl sites for hydroxylation is 3. The zero-order valence-electron chi connectivity index (χ0n) is 11.8. The fourth-order valence-corrected chi connectivity index (χ4v) is 2.95. The van der Waals surface area contributed by atoms with Gasteiger partial charge in [-0.15, -0.1) is 0 Å². The topological polar surface area (TPSA) is 47.3 Å².